The van der Waals surface area contributed by atoms with Gasteiger partial charge < -0.3 is 24.0 Å². The Hall–Kier alpha value is -3.81. The summed E-state index contributed by atoms with van der Waals surface area (Å²) in [6.45, 7) is 4.46. The maximum atomic E-state index is 15.6. The van der Waals surface area contributed by atoms with Crippen LogP contribution in [0.2, 0.25) is 0 Å². The summed E-state index contributed by atoms with van der Waals surface area (Å²) in [6.07, 6.45) is 7.91. The number of carbonyl (C=O) groups excluding carboxylic acids is 1. The Kier molecular flexibility index (Phi) is 13.2. The fourth-order valence-electron chi connectivity index (χ4n) is 5.07. The fourth-order valence-corrected chi connectivity index (χ4v) is 6.94. The summed E-state index contributed by atoms with van der Waals surface area (Å²) >= 11 is 1.28. The molecular weight excluding hydrogens is 700 g/mol. The lowest BCUT2D eigenvalue weighted by Crippen LogP contribution is -2.47. The number of esters is 1. The molecule has 50 heavy (non-hydrogen) atoms. The molecule has 1 aliphatic rings. The van der Waals surface area contributed by atoms with E-state index in [0.717, 1.165) is 12.1 Å². The number of hydrogen-bond donors (Lipinski definition) is 2. The van der Waals surface area contributed by atoms with Gasteiger partial charge in [-0.2, -0.15) is 10.4 Å². The summed E-state index contributed by atoms with van der Waals surface area (Å²) in [5, 5.41) is 12.0. The molecule has 1 aromatic heterocycles. The number of thioether (sulfide) groups is 1. The van der Waals surface area contributed by atoms with Crippen molar-refractivity contribution in [1.29, 1.82) is 5.26 Å². The first kappa shape index (κ1) is 39.0. The number of phosphoric ester groups is 1. The number of carbonyl (C=O) groups is 1. The van der Waals surface area contributed by atoms with Crippen molar-refractivity contribution in [3.05, 3.63) is 101 Å². The number of hydrogen-bond acceptors (Lipinski definition) is 10. The topological polar surface area (TPSA) is 166 Å². The third-order valence-corrected chi connectivity index (χ3v) is 9.44. The van der Waals surface area contributed by atoms with Crippen LogP contribution >= 0.6 is 19.6 Å². The minimum Gasteiger partial charge on any atom is -0.451 e. The molecule has 0 aliphatic carbocycles. The average Bonchev–Trinajstić information content (AvgIpc) is 3.55. The first-order chi connectivity index (χ1) is 23.6. The highest BCUT2D eigenvalue weighted by Crippen LogP contribution is 2.43. The Balaban J connectivity index is 1.51. The standard InChI is InChI=1S/C33H36F3N4O8PS/c1-22(50-26-16-45-31(46-17-26)7-5-4-6-24-9-8-23(15-37)12-28(24)35)33(18-40-21-38-20-39-40,27-11-10-25(34)13-29(27)36)48-30(41)14-32(2,3)19-47-49(42,43)44/h4-13,20-22,26,31H,14,16-19H2,1-3H3,(H2,42,43,44)/t22-,26-,31-,33-/m1/s1. The number of nitrogens with zero attached hydrogens (tertiary/aromatic N) is 4. The molecule has 2 atom stereocenters. The zero-order valence-electron chi connectivity index (χ0n) is 27.3. The summed E-state index contributed by atoms with van der Waals surface area (Å²) in [5.74, 6) is -3.18. The summed E-state index contributed by atoms with van der Waals surface area (Å²) in [5.41, 5.74) is -2.51. The van der Waals surface area contributed by atoms with E-state index in [1.807, 2.05) is 6.07 Å². The lowest BCUT2D eigenvalue weighted by atomic mass is 9.88. The molecule has 0 spiro atoms. The highest BCUT2D eigenvalue weighted by Gasteiger charge is 2.47. The van der Waals surface area contributed by atoms with Crippen molar-refractivity contribution >= 4 is 31.6 Å². The summed E-state index contributed by atoms with van der Waals surface area (Å²) < 4.78 is 79.0. The van der Waals surface area contributed by atoms with Crippen LogP contribution in [0, 0.1) is 34.2 Å². The van der Waals surface area contributed by atoms with E-state index in [2.05, 4.69) is 14.6 Å². The Morgan fingerprint density at radius 1 is 1.18 bits per heavy atom. The average molecular weight is 737 g/mol. The van der Waals surface area contributed by atoms with Gasteiger partial charge in [0.15, 0.2) is 11.9 Å². The molecule has 4 rings (SSSR count). The third-order valence-electron chi connectivity index (χ3n) is 7.52. The first-order valence-corrected chi connectivity index (χ1v) is 17.7. The van der Waals surface area contributed by atoms with Crippen molar-refractivity contribution in [3.63, 3.8) is 0 Å². The van der Waals surface area contributed by atoms with E-state index in [1.165, 1.54) is 53.4 Å². The highest BCUT2D eigenvalue weighted by atomic mass is 32.2. The zero-order valence-corrected chi connectivity index (χ0v) is 29.0. The number of halogens is 3. The number of phosphoric acid groups is 1. The van der Waals surface area contributed by atoms with E-state index in [-0.39, 0.29) is 42.6 Å². The van der Waals surface area contributed by atoms with Crippen molar-refractivity contribution in [1.82, 2.24) is 14.8 Å². The van der Waals surface area contributed by atoms with Crippen LogP contribution in [0.1, 0.15) is 43.9 Å². The number of aromatic nitrogens is 3. The van der Waals surface area contributed by atoms with Gasteiger partial charge in [0, 0.05) is 22.4 Å². The van der Waals surface area contributed by atoms with Crippen molar-refractivity contribution in [2.24, 2.45) is 5.41 Å². The van der Waals surface area contributed by atoms with Gasteiger partial charge in [-0.05, 0) is 42.7 Å². The molecule has 0 saturated carbocycles. The van der Waals surface area contributed by atoms with Crippen LogP contribution in [0.25, 0.3) is 6.08 Å². The van der Waals surface area contributed by atoms with Gasteiger partial charge in [0.2, 0.25) is 0 Å². The maximum Gasteiger partial charge on any atom is 0.469 e. The molecule has 1 saturated heterocycles. The van der Waals surface area contributed by atoms with E-state index in [0.29, 0.717) is 11.6 Å². The molecule has 268 valence electrons. The van der Waals surface area contributed by atoms with Crippen LogP contribution in [-0.2, 0) is 40.2 Å². The molecule has 17 heteroatoms. The van der Waals surface area contributed by atoms with Gasteiger partial charge in [-0.15, -0.1) is 11.8 Å². The SMILES string of the molecule is C[C@@H](S[C@H]1CO[C@H](C=CC=Cc2ccc(C#N)cc2F)OC1)[C@@](Cn1cncn1)(OC(=O)CC(C)(C)COP(=O)(O)O)c1ccc(F)cc1F. The van der Waals surface area contributed by atoms with Crippen LogP contribution in [-0.4, -0.2) is 67.1 Å². The smallest absolute Gasteiger partial charge is 0.451 e. The van der Waals surface area contributed by atoms with Gasteiger partial charge >= 0.3 is 13.8 Å². The second-order valence-electron chi connectivity index (χ2n) is 12.2. The molecule has 0 radical (unpaired) electrons. The fraction of sp³-hybridized carbons (Fsp3) is 0.394. The molecule has 0 amide bonds. The molecule has 2 aromatic carbocycles. The van der Waals surface area contributed by atoms with Gasteiger partial charge in [-0.1, -0.05) is 38.1 Å². The van der Waals surface area contributed by atoms with Crippen molar-refractivity contribution in [2.75, 3.05) is 19.8 Å². The van der Waals surface area contributed by atoms with Crippen molar-refractivity contribution < 1.29 is 51.1 Å². The molecule has 12 nitrogen and oxygen atoms in total. The van der Waals surface area contributed by atoms with Crippen LogP contribution in [0.5, 0.6) is 0 Å². The van der Waals surface area contributed by atoms with E-state index in [4.69, 9.17) is 29.3 Å². The Morgan fingerprint density at radius 2 is 1.92 bits per heavy atom. The predicted molar refractivity (Wildman–Crippen MR) is 176 cm³/mol. The first-order valence-electron chi connectivity index (χ1n) is 15.2. The summed E-state index contributed by atoms with van der Waals surface area (Å²) in [7, 11) is -4.82. The zero-order chi connectivity index (χ0) is 36.5. The van der Waals surface area contributed by atoms with Crippen molar-refractivity contribution in [2.45, 2.75) is 56.1 Å². The Labute approximate surface area is 291 Å². The summed E-state index contributed by atoms with van der Waals surface area (Å²) in [4.78, 5) is 35.8. The molecule has 1 fully saturated rings. The van der Waals surface area contributed by atoms with Gasteiger partial charge in [0.1, 0.15) is 30.1 Å². The molecular formula is C33H36F3N4O8PS. The highest BCUT2D eigenvalue weighted by molar-refractivity contribution is 8.00. The number of nitriles is 1. The van der Waals surface area contributed by atoms with Gasteiger partial charge in [0.25, 0.3) is 0 Å². The molecule has 2 N–H and O–H groups in total. The second-order valence-corrected chi connectivity index (χ2v) is 15.1. The second kappa shape index (κ2) is 16.9. The quantitative estimate of drug-likeness (QED) is 0.112. The number of ether oxygens (including phenoxy) is 3. The van der Waals surface area contributed by atoms with Crippen molar-refractivity contribution in [3.8, 4) is 6.07 Å². The number of rotatable bonds is 15. The van der Waals surface area contributed by atoms with Gasteiger partial charge in [-0.25, -0.2) is 27.4 Å². The normalized spacial score (nSPS) is 18.9. The molecule has 1 aliphatic heterocycles. The number of allylic oxidation sites excluding steroid dienone is 2. The largest absolute Gasteiger partial charge is 0.469 e. The lowest BCUT2D eigenvalue weighted by Gasteiger charge is -2.41. The van der Waals surface area contributed by atoms with Crippen LogP contribution in [0.3, 0.4) is 0 Å². The van der Waals surface area contributed by atoms with Gasteiger partial charge in [-0.3, -0.25) is 9.32 Å². The third kappa shape index (κ3) is 11.1. The maximum absolute atomic E-state index is 15.6. The summed E-state index contributed by atoms with van der Waals surface area (Å²) in [6, 6.07) is 8.95. The van der Waals surface area contributed by atoms with Gasteiger partial charge in [0.05, 0.1) is 49.7 Å². The van der Waals surface area contributed by atoms with E-state index in [9.17, 15) is 18.1 Å². The predicted octanol–water partition coefficient (Wildman–Crippen LogP) is 5.66. The Morgan fingerprint density at radius 3 is 2.54 bits per heavy atom. The monoisotopic (exact) mass is 736 g/mol. The minimum absolute atomic E-state index is 0.129. The van der Waals surface area contributed by atoms with E-state index in [1.54, 1.807) is 39.0 Å². The molecule has 0 bridgehead atoms. The Bertz CT molecular complexity index is 1770. The van der Waals surface area contributed by atoms with E-state index < -0.39 is 60.4 Å². The number of benzene rings is 2. The molecule has 0 unspecified atom stereocenters. The minimum atomic E-state index is -4.82. The van der Waals surface area contributed by atoms with E-state index >= 15 is 4.39 Å². The molecule has 2 heterocycles. The molecule has 3 aromatic rings. The van der Waals surface area contributed by atoms with Crippen LogP contribution in [0.4, 0.5) is 13.2 Å². The van der Waals surface area contributed by atoms with Crippen LogP contribution in [0.15, 0.2) is 67.3 Å². The lowest BCUT2D eigenvalue weighted by molar-refractivity contribution is -0.166. The van der Waals surface area contributed by atoms with Crippen LogP contribution < -0.4 is 0 Å².